The minimum Gasteiger partial charge on any atom is -0.274 e. The Morgan fingerprint density at radius 1 is 1.19 bits per heavy atom. The summed E-state index contributed by atoms with van der Waals surface area (Å²) in [7, 11) is 0. The molecule has 0 aliphatic carbocycles. The van der Waals surface area contributed by atoms with Crippen molar-refractivity contribution in [1.82, 2.24) is 4.98 Å². The van der Waals surface area contributed by atoms with Gasteiger partial charge in [-0.05, 0) is 25.5 Å². The molecule has 146 valence electrons. The van der Waals surface area contributed by atoms with Crippen LogP contribution in [0.5, 0.6) is 0 Å². The highest BCUT2D eigenvalue weighted by molar-refractivity contribution is 7.14. The molecule has 4 nitrogen and oxygen atoms in total. The number of rotatable bonds is 4. The second-order valence-electron chi connectivity index (χ2n) is 5.41. The predicted octanol–water partition coefficient (Wildman–Crippen LogP) is 6.40. The van der Waals surface area contributed by atoms with Gasteiger partial charge >= 0.3 is 6.18 Å². The number of aromatic nitrogens is 1. The number of anilines is 1. The van der Waals surface area contributed by atoms with E-state index >= 15 is 0 Å². The summed E-state index contributed by atoms with van der Waals surface area (Å²) in [6, 6.07) is 2.48. The predicted molar refractivity (Wildman–Crippen MR) is 100 cm³/mol. The molecule has 2 amide bonds. The summed E-state index contributed by atoms with van der Waals surface area (Å²) in [5.74, 6) is -1.94. The van der Waals surface area contributed by atoms with E-state index in [-0.39, 0.29) is 32.2 Å². The summed E-state index contributed by atoms with van der Waals surface area (Å²) in [5, 5.41) is -0.101. The number of hydrogen-bond donors (Lipinski definition) is 0. The number of carbonyl (C=O) groups is 2. The average Bonchev–Trinajstić information content (AvgIpc) is 2.92. The van der Waals surface area contributed by atoms with E-state index in [2.05, 4.69) is 4.98 Å². The standard InChI is InChI=1S/C16H12Cl3F3N2O2S/c1-3-4-11(25)24(12-9(18)5-8(17)6-10(12)19)15(26)13-14(16(20,21)22)23-7(2)27-13/h5-6H,3-4H2,1-2H3. The maximum absolute atomic E-state index is 13.3. The van der Waals surface area contributed by atoms with Crippen LogP contribution < -0.4 is 4.90 Å². The van der Waals surface area contributed by atoms with Crippen molar-refractivity contribution in [1.29, 1.82) is 0 Å². The zero-order chi connectivity index (χ0) is 20.5. The Morgan fingerprint density at radius 3 is 2.22 bits per heavy atom. The van der Waals surface area contributed by atoms with Crippen molar-refractivity contribution in [2.24, 2.45) is 0 Å². The molecule has 27 heavy (non-hydrogen) atoms. The molecule has 0 saturated heterocycles. The third-order valence-electron chi connectivity index (χ3n) is 3.32. The van der Waals surface area contributed by atoms with Crippen LogP contribution in [0, 0.1) is 6.92 Å². The molecule has 0 fully saturated rings. The fourth-order valence-electron chi connectivity index (χ4n) is 2.28. The minimum atomic E-state index is -4.86. The van der Waals surface area contributed by atoms with Gasteiger partial charge in [0.2, 0.25) is 5.91 Å². The van der Waals surface area contributed by atoms with Gasteiger partial charge in [0, 0.05) is 11.4 Å². The maximum atomic E-state index is 13.3. The highest BCUT2D eigenvalue weighted by atomic mass is 35.5. The van der Waals surface area contributed by atoms with E-state index in [0.29, 0.717) is 22.7 Å². The molecule has 0 aliphatic rings. The quantitative estimate of drug-likeness (QED) is 0.531. The zero-order valence-corrected chi connectivity index (χ0v) is 17.0. The number of aryl methyl sites for hydroxylation is 1. The lowest BCUT2D eigenvalue weighted by atomic mass is 10.2. The molecule has 0 aliphatic heterocycles. The molecule has 0 unspecified atom stereocenters. The van der Waals surface area contributed by atoms with E-state index in [1.165, 1.54) is 19.1 Å². The smallest absolute Gasteiger partial charge is 0.274 e. The van der Waals surface area contributed by atoms with Crippen LogP contribution in [0.3, 0.4) is 0 Å². The summed E-state index contributed by atoms with van der Waals surface area (Å²) >= 11 is 18.6. The molecule has 1 heterocycles. The van der Waals surface area contributed by atoms with E-state index in [4.69, 9.17) is 34.8 Å². The van der Waals surface area contributed by atoms with Gasteiger partial charge in [0.15, 0.2) is 5.69 Å². The molecule has 0 saturated carbocycles. The normalized spacial score (nSPS) is 11.6. The van der Waals surface area contributed by atoms with Crippen molar-refractivity contribution in [3.63, 3.8) is 0 Å². The molecule has 1 aromatic heterocycles. The lowest BCUT2D eigenvalue weighted by Gasteiger charge is -2.23. The van der Waals surface area contributed by atoms with E-state index in [9.17, 15) is 22.8 Å². The molecular weight excluding hydrogens is 448 g/mol. The second kappa shape index (κ2) is 8.34. The number of carbonyl (C=O) groups excluding carboxylic acids is 2. The van der Waals surface area contributed by atoms with Crippen molar-refractivity contribution in [2.75, 3.05) is 4.90 Å². The molecule has 0 radical (unpaired) electrons. The highest BCUT2D eigenvalue weighted by Crippen LogP contribution is 2.40. The Labute approximate surface area is 171 Å². The number of halogens is 6. The number of hydrogen-bond acceptors (Lipinski definition) is 4. The van der Waals surface area contributed by atoms with Gasteiger partial charge in [-0.15, -0.1) is 11.3 Å². The van der Waals surface area contributed by atoms with Gasteiger partial charge in [0.05, 0.1) is 20.7 Å². The number of alkyl halides is 3. The molecule has 2 aromatic rings. The van der Waals surface area contributed by atoms with Crippen molar-refractivity contribution < 1.29 is 22.8 Å². The van der Waals surface area contributed by atoms with Crippen LogP contribution in [-0.4, -0.2) is 16.8 Å². The van der Waals surface area contributed by atoms with Gasteiger partial charge in [0.1, 0.15) is 4.88 Å². The van der Waals surface area contributed by atoms with E-state index in [1.807, 2.05) is 0 Å². The van der Waals surface area contributed by atoms with E-state index in [0.717, 1.165) is 0 Å². The summed E-state index contributed by atoms with van der Waals surface area (Å²) in [5.41, 5.74) is -1.57. The Bertz CT molecular complexity index is 877. The second-order valence-corrected chi connectivity index (χ2v) is 7.86. The third-order valence-corrected chi connectivity index (χ3v) is 5.07. The molecule has 0 spiro atoms. The fraction of sp³-hybridized carbons (Fsp3) is 0.312. The van der Waals surface area contributed by atoms with E-state index in [1.54, 1.807) is 6.92 Å². The van der Waals surface area contributed by atoms with Crippen molar-refractivity contribution in [2.45, 2.75) is 32.9 Å². The molecule has 0 bridgehead atoms. The number of nitrogens with zero attached hydrogens (tertiary/aromatic N) is 2. The SMILES string of the molecule is CCCC(=O)N(C(=O)c1sc(C)nc1C(F)(F)F)c1c(Cl)cc(Cl)cc1Cl. The first-order valence-electron chi connectivity index (χ1n) is 7.53. The van der Waals surface area contributed by atoms with Gasteiger partial charge in [-0.1, -0.05) is 41.7 Å². The van der Waals surface area contributed by atoms with Crippen LogP contribution in [0.2, 0.25) is 15.1 Å². The summed E-state index contributed by atoms with van der Waals surface area (Å²) < 4.78 is 39.8. The first-order valence-corrected chi connectivity index (χ1v) is 9.48. The molecular formula is C16H12Cl3F3N2O2S. The van der Waals surface area contributed by atoms with Crippen molar-refractivity contribution in [3.05, 3.63) is 42.8 Å². The van der Waals surface area contributed by atoms with Crippen molar-refractivity contribution in [3.8, 4) is 0 Å². The highest BCUT2D eigenvalue weighted by Gasteiger charge is 2.41. The van der Waals surface area contributed by atoms with Gasteiger partial charge in [-0.3, -0.25) is 9.59 Å². The number of imide groups is 1. The zero-order valence-electron chi connectivity index (χ0n) is 14.0. The Morgan fingerprint density at radius 2 is 1.74 bits per heavy atom. The van der Waals surface area contributed by atoms with Crippen LogP contribution in [0.15, 0.2) is 12.1 Å². The average molecular weight is 460 g/mol. The van der Waals surface area contributed by atoms with Gasteiger partial charge in [0.25, 0.3) is 5.91 Å². The first-order chi connectivity index (χ1) is 12.5. The third kappa shape index (κ3) is 4.74. The number of thiazole rings is 1. The first kappa shape index (κ1) is 21.9. The summed E-state index contributed by atoms with van der Waals surface area (Å²) in [4.78, 5) is 28.8. The Kier molecular flexibility index (Phi) is 6.78. The summed E-state index contributed by atoms with van der Waals surface area (Å²) in [6.07, 6.45) is -4.59. The Balaban J connectivity index is 2.67. The minimum absolute atomic E-state index is 0.0295. The topological polar surface area (TPSA) is 50.3 Å². The van der Waals surface area contributed by atoms with Crippen molar-refractivity contribution >= 4 is 63.6 Å². The van der Waals surface area contributed by atoms with Gasteiger partial charge < -0.3 is 0 Å². The molecule has 1 aromatic carbocycles. The molecule has 0 N–H and O–H groups in total. The monoisotopic (exact) mass is 458 g/mol. The lowest BCUT2D eigenvalue weighted by Crippen LogP contribution is -2.38. The van der Waals surface area contributed by atoms with E-state index < -0.39 is 28.6 Å². The summed E-state index contributed by atoms with van der Waals surface area (Å²) in [6.45, 7) is 3.01. The molecule has 0 atom stereocenters. The van der Waals surface area contributed by atoms with Crippen LogP contribution >= 0.6 is 46.1 Å². The Hall–Kier alpha value is -1.35. The number of benzene rings is 1. The van der Waals surface area contributed by atoms with Crippen LogP contribution in [0.25, 0.3) is 0 Å². The molecule has 11 heteroatoms. The lowest BCUT2D eigenvalue weighted by molar-refractivity contribution is -0.141. The van der Waals surface area contributed by atoms with Crippen LogP contribution in [-0.2, 0) is 11.0 Å². The maximum Gasteiger partial charge on any atom is 0.435 e. The van der Waals surface area contributed by atoms with Gasteiger partial charge in [-0.2, -0.15) is 13.2 Å². The van der Waals surface area contributed by atoms with Gasteiger partial charge in [-0.25, -0.2) is 9.88 Å². The van der Waals surface area contributed by atoms with Crippen LogP contribution in [0.4, 0.5) is 18.9 Å². The number of amides is 2. The van der Waals surface area contributed by atoms with Crippen LogP contribution in [0.1, 0.15) is 40.1 Å². The largest absolute Gasteiger partial charge is 0.435 e. The molecule has 2 rings (SSSR count). The fourth-order valence-corrected chi connectivity index (χ4v) is 4.13.